The third-order valence-corrected chi connectivity index (χ3v) is 2.00. The van der Waals surface area contributed by atoms with Crippen LogP contribution in [0.3, 0.4) is 0 Å². The standard InChI is InChI=1S/C7H13F2N3O2/c8-7(9)6(5(10)1-13)12(11)4-2-14-3-4/h4,7,13H,1-3,10-11H2/b6-5-. The van der Waals surface area contributed by atoms with Crippen molar-refractivity contribution in [3.63, 3.8) is 0 Å². The van der Waals surface area contributed by atoms with Gasteiger partial charge in [-0.3, -0.25) is 0 Å². The largest absolute Gasteiger partial charge is 0.399 e. The molecular weight excluding hydrogens is 196 g/mol. The van der Waals surface area contributed by atoms with Crippen molar-refractivity contribution in [3.8, 4) is 0 Å². The Labute approximate surface area is 79.9 Å². The van der Waals surface area contributed by atoms with Crippen LogP contribution in [0.15, 0.2) is 11.4 Å². The van der Waals surface area contributed by atoms with Gasteiger partial charge in [0.1, 0.15) is 5.70 Å². The highest BCUT2D eigenvalue weighted by Gasteiger charge is 2.30. The Bertz CT molecular complexity index is 231. The fourth-order valence-corrected chi connectivity index (χ4v) is 1.08. The zero-order chi connectivity index (χ0) is 10.7. The molecule has 1 aliphatic heterocycles. The number of rotatable bonds is 4. The number of halogens is 2. The summed E-state index contributed by atoms with van der Waals surface area (Å²) in [6.45, 7) is -0.0438. The topological polar surface area (TPSA) is 84.7 Å². The summed E-state index contributed by atoms with van der Waals surface area (Å²) in [7, 11) is 0. The van der Waals surface area contributed by atoms with Gasteiger partial charge in [0, 0.05) is 0 Å². The highest BCUT2D eigenvalue weighted by molar-refractivity contribution is 5.13. The predicted molar refractivity (Wildman–Crippen MR) is 44.9 cm³/mol. The molecule has 14 heavy (non-hydrogen) atoms. The average molecular weight is 209 g/mol. The third-order valence-electron chi connectivity index (χ3n) is 2.00. The summed E-state index contributed by atoms with van der Waals surface area (Å²) in [5.74, 6) is 5.42. The molecule has 0 aromatic rings. The van der Waals surface area contributed by atoms with Gasteiger partial charge in [0.15, 0.2) is 0 Å². The predicted octanol–water partition coefficient (Wildman–Crippen LogP) is -1.01. The maximum Gasteiger partial charge on any atom is 0.281 e. The van der Waals surface area contributed by atoms with E-state index in [0.717, 1.165) is 5.01 Å². The van der Waals surface area contributed by atoms with Gasteiger partial charge in [0.05, 0.1) is 31.6 Å². The second-order valence-electron chi connectivity index (χ2n) is 2.97. The smallest absolute Gasteiger partial charge is 0.281 e. The number of allylic oxidation sites excluding steroid dienone is 1. The quantitative estimate of drug-likeness (QED) is 0.408. The molecule has 5 nitrogen and oxygen atoms in total. The Kier molecular flexibility index (Phi) is 3.62. The summed E-state index contributed by atoms with van der Waals surface area (Å²) >= 11 is 0. The second kappa shape index (κ2) is 4.54. The van der Waals surface area contributed by atoms with Gasteiger partial charge >= 0.3 is 0 Å². The van der Waals surface area contributed by atoms with Gasteiger partial charge in [-0.2, -0.15) is 0 Å². The van der Waals surface area contributed by atoms with Crippen LogP contribution in [0.4, 0.5) is 8.78 Å². The van der Waals surface area contributed by atoms with Crippen molar-refractivity contribution in [2.24, 2.45) is 11.6 Å². The molecule has 0 bridgehead atoms. The van der Waals surface area contributed by atoms with Crippen LogP contribution in [0.1, 0.15) is 0 Å². The van der Waals surface area contributed by atoms with Crippen molar-refractivity contribution >= 4 is 0 Å². The first-order valence-electron chi connectivity index (χ1n) is 4.07. The molecule has 0 radical (unpaired) electrons. The van der Waals surface area contributed by atoms with E-state index in [0.29, 0.717) is 13.2 Å². The monoisotopic (exact) mass is 209 g/mol. The van der Waals surface area contributed by atoms with Gasteiger partial charge in [-0.1, -0.05) is 0 Å². The number of nitrogens with two attached hydrogens (primary N) is 2. The Morgan fingerprint density at radius 2 is 2.14 bits per heavy atom. The Balaban J connectivity index is 2.76. The summed E-state index contributed by atoms with van der Waals surface area (Å²) in [5.41, 5.74) is 4.39. The van der Waals surface area contributed by atoms with Crippen LogP contribution < -0.4 is 11.6 Å². The molecule has 0 spiro atoms. The lowest BCUT2D eigenvalue weighted by atomic mass is 10.2. The highest BCUT2D eigenvalue weighted by Crippen LogP contribution is 2.19. The molecule has 0 amide bonds. The Hall–Kier alpha value is -0.920. The first-order chi connectivity index (χ1) is 6.57. The Morgan fingerprint density at radius 3 is 2.43 bits per heavy atom. The van der Waals surface area contributed by atoms with E-state index in [4.69, 9.17) is 21.4 Å². The second-order valence-corrected chi connectivity index (χ2v) is 2.97. The van der Waals surface area contributed by atoms with Crippen molar-refractivity contribution in [1.29, 1.82) is 0 Å². The maximum atomic E-state index is 12.5. The van der Waals surface area contributed by atoms with E-state index in [1.165, 1.54) is 0 Å². The summed E-state index contributed by atoms with van der Waals surface area (Å²) in [6.07, 6.45) is -2.80. The van der Waals surface area contributed by atoms with E-state index < -0.39 is 18.7 Å². The number of aliphatic hydroxyl groups excluding tert-OH is 1. The molecule has 1 rings (SSSR count). The van der Waals surface area contributed by atoms with Crippen molar-refractivity contribution < 1.29 is 18.6 Å². The van der Waals surface area contributed by atoms with E-state index in [-0.39, 0.29) is 11.7 Å². The minimum Gasteiger partial charge on any atom is -0.399 e. The first-order valence-corrected chi connectivity index (χ1v) is 4.07. The van der Waals surface area contributed by atoms with Gasteiger partial charge in [0.25, 0.3) is 6.43 Å². The lowest BCUT2D eigenvalue weighted by Gasteiger charge is -2.36. The van der Waals surface area contributed by atoms with Gasteiger partial charge < -0.3 is 20.6 Å². The molecule has 0 unspecified atom stereocenters. The fraction of sp³-hybridized carbons (Fsp3) is 0.714. The normalized spacial score (nSPS) is 19.2. The van der Waals surface area contributed by atoms with E-state index in [1.807, 2.05) is 0 Å². The molecular formula is C7H13F2N3O2. The van der Waals surface area contributed by atoms with E-state index >= 15 is 0 Å². The summed E-state index contributed by atoms with van der Waals surface area (Å²) in [4.78, 5) is 0. The number of hydrogen-bond acceptors (Lipinski definition) is 5. The van der Waals surface area contributed by atoms with Crippen LogP contribution in [0.25, 0.3) is 0 Å². The van der Waals surface area contributed by atoms with Crippen molar-refractivity contribution in [1.82, 2.24) is 5.01 Å². The number of hydrogen-bond donors (Lipinski definition) is 3. The highest BCUT2D eigenvalue weighted by atomic mass is 19.3. The fourth-order valence-electron chi connectivity index (χ4n) is 1.08. The minimum absolute atomic E-state index is 0.288. The van der Waals surface area contributed by atoms with Crippen LogP contribution in [-0.2, 0) is 4.74 Å². The van der Waals surface area contributed by atoms with Gasteiger partial charge in [-0.05, 0) is 0 Å². The number of nitrogens with zero attached hydrogens (tertiary/aromatic N) is 1. The van der Waals surface area contributed by atoms with Crippen molar-refractivity contribution in [2.75, 3.05) is 19.8 Å². The molecule has 7 heteroatoms. The van der Waals surface area contributed by atoms with Crippen LogP contribution in [0.5, 0.6) is 0 Å². The number of alkyl halides is 2. The summed E-state index contributed by atoms with van der Waals surface area (Å²) in [6, 6.07) is -0.288. The van der Waals surface area contributed by atoms with Gasteiger partial charge in [0.2, 0.25) is 0 Å². The van der Waals surface area contributed by atoms with Crippen molar-refractivity contribution in [2.45, 2.75) is 12.5 Å². The van der Waals surface area contributed by atoms with Crippen molar-refractivity contribution in [3.05, 3.63) is 11.4 Å². The van der Waals surface area contributed by atoms with Crippen LogP contribution in [-0.4, -0.2) is 42.4 Å². The molecule has 5 N–H and O–H groups in total. The zero-order valence-electron chi connectivity index (χ0n) is 7.49. The van der Waals surface area contributed by atoms with E-state index in [9.17, 15) is 8.78 Å². The average Bonchev–Trinajstić information content (AvgIpc) is 2.00. The number of hydrazine groups is 1. The molecule has 0 atom stereocenters. The summed E-state index contributed by atoms with van der Waals surface area (Å²) in [5, 5.41) is 9.52. The lowest BCUT2D eigenvalue weighted by Crippen LogP contribution is -2.53. The van der Waals surface area contributed by atoms with Crippen LogP contribution >= 0.6 is 0 Å². The minimum atomic E-state index is -2.80. The Morgan fingerprint density at radius 1 is 1.57 bits per heavy atom. The zero-order valence-corrected chi connectivity index (χ0v) is 7.49. The molecule has 0 aromatic heterocycles. The molecule has 0 saturated carbocycles. The maximum absolute atomic E-state index is 12.5. The van der Waals surface area contributed by atoms with Gasteiger partial charge in [-0.15, -0.1) is 0 Å². The molecule has 1 fully saturated rings. The molecule has 1 saturated heterocycles. The van der Waals surface area contributed by atoms with Crippen LogP contribution in [0.2, 0.25) is 0 Å². The lowest BCUT2D eigenvalue weighted by molar-refractivity contribution is -0.0629. The summed E-state index contributed by atoms with van der Waals surface area (Å²) < 4.78 is 29.8. The number of ether oxygens (including phenoxy) is 1. The number of aliphatic hydroxyl groups is 1. The van der Waals surface area contributed by atoms with E-state index in [2.05, 4.69) is 0 Å². The van der Waals surface area contributed by atoms with Crippen LogP contribution in [0, 0.1) is 0 Å². The van der Waals surface area contributed by atoms with Gasteiger partial charge in [-0.25, -0.2) is 14.6 Å². The van der Waals surface area contributed by atoms with E-state index in [1.54, 1.807) is 0 Å². The molecule has 1 heterocycles. The first kappa shape index (κ1) is 11.2. The molecule has 0 aliphatic carbocycles. The SMILES string of the molecule is N/C(CO)=C(/C(F)F)N(N)C1COC1. The molecule has 82 valence electrons. The molecule has 0 aromatic carbocycles. The third kappa shape index (κ3) is 2.11. The molecule has 1 aliphatic rings.